The number of anilines is 1. The molecule has 0 saturated carbocycles. The number of nitrogens with one attached hydrogen (secondary N) is 1. The largest absolute Gasteiger partial charge is 0.417 e. The van der Waals surface area contributed by atoms with E-state index in [-0.39, 0.29) is 27.7 Å². The second kappa shape index (κ2) is 6.03. The van der Waals surface area contributed by atoms with Gasteiger partial charge in [-0.3, -0.25) is 9.20 Å². The minimum absolute atomic E-state index is 0.0541. The predicted molar refractivity (Wildman–Crippen MR) is 84.3 cm³/mol. The van der Waals surface area contributed by atoms with Gasteiger partial charge in [-0.05, 0) is 37.3 Å². The number of rotatable bonds is 2. The SMILES string of the molecule is Cc1nc2ccc(C(F)(F)F)cn2c1C(=O)Nc1ccc(F)c(Cl)c1. The van der Waals surface area contributed by atoms with E-state index in [2.05, 4.69) is 10.3 Å². The van der Waals surface area contributed by atoms with Gasteiger partial charge in [0.05, 0.1) is 16.3 Å². The van der Waals surface area contributed by atoms with E-state index in [1.54, 1.807) is 0 Å². The third kappa shape index (κ3) is 3.30. The molecular formula is C16H10ClF4N3O. The summed E-state index contributed by atoms with van der Waals surface area (Å²) < 4.78 is 52.9. The number of hydrogen-bond donors (Lipinski definition) is 1. The first-order chi connectivity index (χ1) is 11.7. The number of amides is 1. The Bertz CT molecular complexity index is 981. The maximum absolute atomic E-state index is 13.2. The van der Waals surface area contributed by atoms with E-state index in [0.717, 1.165) is 22.7 Å². The molecule has 25 heavy (non-hydrogen) atoms. The van der Waals surface area contributed by atoms with Gasteiger partial charge in [0, 0.05) is 11.9 Å². The lowest BCUT2D eigenvalue weighted by Gasteiger charge is -2.09. The molecule has 1 N–H and O–H groups in total. The zero-order valence-electron chi connectivity index (χ0n) is 12.7. The van der Waals surface area contributed by atoms with Crippen LogP contribution in [0.15, 0.2) is 36.5 Å². The van der Waals surface area contributed by atoms with Gasteiger partial charge < -0.3 is 5.32 Å². The Morgan fingerprint density at radius 3 is 2.60 bits per heavy atom. The summed E-state index contributed by atoms with van der Waals surface area (Å²) >= 11 is 5.65. The van der Waals surface area contributed by atoms with Gasteiger partial charge in [-0.2, -0.15) is 13.2 Å². The summed E-state index contributed by atoms with van der Waals surface area (Å²) in [4.78, 5) is 16.6. The minimum atomic E-state index is -4.55. The number of aromatic nitrogens is 2. The van der Waals surface area contributed by atoms with Gasteiger partial charge >= 0.3 is 6.18 Å². The van der Waals surface area contributed by atoms with Crippen molar-refractivity contribution in [1.29, 1.82) is 0 Å². The van der Waals surface area contributed by atoms with Gasteiger partial charge in [0.2, 0.25) is 0 Å². The van der Waals surface area contributed by atoms with Gasteiger partial charge in [0.25, 0.3) is 5.91 Å². The number of imidazole rings is 1. The van der Waals surface area contributed by atoms with E-state index in [9.17, 15) is 22.4 Å². The topological polar surface area (TPSA) is 46.4 Å². The molecule has 0 atom stereocenters. The molecule has 4 nitrogen and oxygen atoms in total. The lowest BCUT2D eigenvalue weighted by Crippen LogP contribution is -2.16. The first-order valence-corrected chi connectivity index (χ1v) is 7.37. The Hall–Kier alpha value is -2.61. The molecule has 0 spiro atoms. The molecule has 2 aromatic heterocycles. The molecule has 0 radical (unpaired) electrons. The van der Waals surface area contributed by atoms with Crippen LogP contribution in [0.25, 0.3) is 5.65 Å². The van der Waals surface area contributed by atoms with Crippen molar-refractivity contribution in [2.45, 2.75) is 13.1 Å². The molecule has 0 aliphatic rings. The van der Waals surface area contributed by atoms with Gasteiger partial charge in [-0.15, -0.1) is 0 Å². The lowest BCUT2D eigenvalue weighted by atomic mass is 10.2. The normalized spacial score (nSPS) is 11.8. The van der Waals surface area contributed by atoms with Crippen molar-refractivity contribution < 1.29 is 22.4 Å². The molecule has 1 amide bonds. The number of benzene rings is 1. The van der Waals surface area contributed by atoms with Crippen LogP contribution in [0, 0.1) is 12.7 Å². The predicted octanol–water partition coefficient (Wildman–Crippen LogP) is 4.71. The van der Waals surface area contributed by atoms with Crippen molar-refractivity contribution in [2.24, 2.45) is 0 Å². The molecule has 0 bridgehead atoms. The molecular weight excluding hydrogens is 362 g/mol. The zero-order valence-corrected chi connectivity index (χ0v) is 13.4. The number of aryl methyl sites for hydroxylation is 1. The van der Waals surface area contributed by atoms with Crippen molar-refractivity contribution >= 4 is 28.8 Å². The quantitative estimate of drug-likeness (QED) is 0.663. The maximum Gasteiger partial charge on any atom is 0.417 e. The summed E-state index contributed by atoms with van der Waals surface area (Å²) in [5.74, 6) is -1.34. The van der Waals surface area contributed by atoms with Crippen LogP contribution in [0.5, 0.6) is 0 Å². The second-order valence-corrected chi connectivity index (χ2v) is 5.68. The van der Waals surface area contributed by atoms with Crippen molar-refractivity contribution in [1.82, 2.24) is 9.38 Å². The van der Waals surface area contributed by atoms with Crippen LogP contribution in [-0.4, -0.2) is 15.3 Å². The van der Waals surface area contributed by atoms with Gasteiger partial charge in [0.1, 0.15) is 17.2 Å². The summed E-state index contributed by atoms with van der Waals surface area (Å²) in [6.45, 7) is 1.51. The van der Waals surface area contributed by atoms with E-state index in [4.69, 9.17) is 11.6 Å². The Kier molecular flexibility index (Phi) is 4.16. The number of nitrogens with zero attached hydrogens (tertiary/aromatic N) is 2. The second-order valence-electron chi connectivity index (χ2n) is 5.27. The average Bonchev–Trinajstić information content (AvgIpc) is 2.85. The first kappa shape index (κ1) is 17.2. The highest BCUT2D eigenvalue weighted by Crippen LogP contribution is 2.30. The molecule has 2 heterocycles. The highest BCUT2D eigenvalue weighted by molar-refractivity contribution is 6.31. The van der Waals surface area contributed by atoms with Crippen LogP contribution in [-0.2, 0) is 6.18 Å². The van der Waals surface area contributed by atoms with E-state index >= 15 is 0 Å². The van der Waals surface area contributed by atoms with Gasteiger partial charge in [-0.25, -0.2) is 9.37 Å². The van der Waals surface area contributed by atoms with E-state index in [1.807, 2.05) is 0 Å². The van der Waals surface area contributed by atoms with Crippen molar-refractivity contribution in [2.75, 3.05) is 5.32 Å². The molecule has 130 valence electrons. The minimum Gasteiger partial charge on any atom is -0.321 e. The van der Waals surface area contributed by atoms with Crippen LogP contribution in [0.4, 0.5) is 23.2 Å². The fraction of sp³-hybridized carbons (Fsp3) is 0.125. The standard InChI is InChI=1S/C16H10ClF4N3O/c1-8-14(15(25)23-10-3-4-12(18)11(17)6-10)24-7-9(16(19,20)21)2-5-13(24)22-8/h2-7H,1H3,(H,23,25). The highest BCUT2D eigenvalue weighted by Gasteiger charge is 2.31. The molecule has 0 aliphatic heterocycles. The monoisotopic (exact) mass is 371 g/mol. The molecule has 3 aromatic rings. The first-order valence-electron chi connectivity index (χ1n) is 6.99. The Morgan fingerprint density at radius 1 is 1.24 bits per heavy atom. The fourth-order valence-electron chi connectivity index (χ4n) is 2.37. The van der Waals surface area contributed by atoms with E-state index < -0.39 is 23.5 Å². The third-order valence-corrected chi connectivity index (χ3v) is 3.80. The zero-order chi connectivity index (χ0) is 18.4. The Morgan fingerprint density at radius 2 is 1.96 bits per heavy atom. The number of carbonyl (C=O) groups is 1. The van der Waals surface area contributed by atoms with Gasteiger partial charge in [-0.1, -0.05) is 11.6 Å². The number of alkyl halides is 3. The molecule has 0 fully saturated rings. The third-order valence-electron chi connectivity index (χ3n) is 3.51. The number of hydrogen-bond acceptors (Lipinski definition) is 2. The maximum atomic E-state index is 13.2. The summed E-state index contributed by atoms with van der Waals surface area (Å²) in [6.07, 6.45) is -3.74. The lowest BCUT2D eigenvalue weighted by molar-refractivity contribution is -0.137. The molecule has 1 aromatic carbocycles. The molecule has 0 aliphatic carbocycles. The molecule has 0 unspecified atom stereocenters. The molecule has 9 heteroatoms. The van der Waals surface area contributed by atoms with Crippen LogP contribution in [0.2, 0.25) is 5.02 Å². The van der Waals surface area contributed by atoms with Crippen LogP contribution < -0.4 is 5.32 Å². The highest BCUT2D eigenvalue weighted by atomic mass is 35.5. The number of fused-ring (bicyclic) bond motifs is 1. The van der Waals surface area contributed by atoms with Gasteiger partial charge in [0.15, 0.2) is 0 Å². The summed E-state index contributed by atoms with van der Waals surface area (Å²) in [5.41, 5.74) is -0.298. The number of halogens is 5. The fourth-order valence-corrected chi connectivity index (χ4v) is 2.55. The van der Waals surface area contributed by atoms with E-state index in [0.29, 0.717) is 0 Å². The molecule has 3 rings (SSSR count). The summed E-state index contributed by atoms with van der Waals surface area (Å²) in [7, 11) is 0. The number of pyridine rings is 1. The number of carbonyl (C=O) groups excluding carboxylic acids is 1. The van der Waals surface area contributed by atoms with Crippen LogP contribution in [0.1, 0.15) is 21.7 Å². The van der Waals surface area contributed by atoms with Crippen molar-refractivity contribution in [3.63, 3.8) is 0 Å². The van der Waals surface area contributed by atoms with Crippen molar-refractivity contribution in [3.05, 3.63) is 64.3 Å². The van der Waals surface area contributed by atoms with Crippen molar-refractivity contribution in [3.8, 4) is 0 Å². The van der Waals surface area contributed by atoms with E-state index in [1.165, 1.54) is 25.1 Å². The smallest absolute Gasteiger partial charge is 0.321 e. The van der Waals surface area contributed by atoms with Crippen LogP contribution in [0.3, 0.4) is 0 Å². The Balaban J connectivity index is 2.03. The summed E-state index contributed by atoms with van der Waals surface area (Å²) in [5, 5.41) is 2.28. The molecule has 0 saturated heterocycles. The summed E-state index contributed by atoms with van der Waals surface area (Å²) in [6, 6.07) is 5.64. The Labute approximate surface area is 144 Å². The average molecular weight is 372 g/mol. The van der Waals surface area contributed by atoms with Crippen LogP contribution >= 0.6 is 11.6 Å².